The zero-order valence-corrected chi connectivity index (χ0v) is 22.0. The second-order valence-corrected chi connectivity index (χ2v) is 10.4. The van der Waals surface area contributed by atoms with Crippen LogP contribution in [0.5, 0.6) is 0 Å². The molecule has 2 saturated heterocycles. The number of hydrogen-bond acceptors (Lipinski definition) is 3. The lowest BCUT2D eigenvalue weighted by Crippen LogP contribution is -2.55. The lowest BCUT2D eigenvalue weighted by atomic mass is 9.87. The summed E-state index contributed by atoms with van der Waals surface area (Å²) in [6, 6.07) is 18.7. The van der Waals surface area contributed by atoms with Crippen LogP contribution in [-0.4, -0.2) is 48.1 Å². The summed E-state index contributed by atoms with van der Waals surface area (Å²) in [5.41, 5.74) is 0.644. The summed E-state index contributed by atoms with van der Waals surface area (Å²) in [6.07, 6.45) is -0.954. The smallest absolute Gasteiger partial charge is 0.371 e. The Kier molecular flexibility index (Phi) is 7.51. The highest BCUT2D eigenvalue weighted by molar-refractivity contribution is 5.94. The van der Waals surface area contributed by atoms with Gasteiger partial charge in [-0.05, 0) is 67.8 Å². The average molecular weight is 540 g/mol. The van der Waals surface area contributed by atoms with Gasteiger partial charge in [-0.3, -0.25) is 10.4 Å². The van der Waals surface area contributed by atoms with Gasteiger partial charge in [0.15, 0.2) is 11.6 Å². The Labute approximate surface area is 226 Å². The summed E-state index contributed by atoms with van der Waals surface area (Å²) in [5, 5.41) is 9.16. The molecular weight excluding hydrogens is 506 g/mol. The molecule has 1 N–H and O–H groups in total. The van der Waals surface area contributed by atoms with Crippen molar-refractivity contribution in [1.29, 1.82) is 5.41 Å². The Morgan fingerprint density at radius 3 is 2.15 bits per heavy atom. The van der Waals surface area contributed by atoms with E-state index in [-0.39, 0.29) is 24.8 Å². The number of hydrogen-bond donors (Lipinski definition) is 1. The highest BCUT2D eigenvalue weighted by Gasteiger charge is 2.41. The highest BCUT2D eigenvalue weighted by atomic mass is 19.4. The molecule has 5 nitrogen and oxygen atoms in total. The molecule has 2 aliphatic rings. The van der Waals surface area contributed by atoms with Gasteiger partial charge in [-0.25, -0.2) is 4.39 Å². The maximum Gasteiger partial charge on any atom is 0.416 e. The number of aryl methyl sites for hydroxylation is 1. The Balaban J connectivity index is 1.35. The quantitative estimate of drug-likeness (QED) is 0.226. The van der Waals surface area contributed by atoms with E-state index in [9.17, 15) is 13.2 Å². The molecule has 3 heterocycles. The second kappa shape index (κ2) is 10.9. The van der Waals surface area contributed by atoms with Gasteiger partial charge in [0.05, 0.1) is 11.3 Å². The molecule has 2 fully saturated rings. The maximum atomic E-state index is 16.0. The van der Waals surface area contributed by atoms with Crippen molar-refractivity contribution in [1.82, 2.24) is 9.88 Å². The van der Waals surface area contributed by atoms with E-state index in [4.69, 9.17) is 5.41 Å². The summed E-state index contributed by atoms with van der Waals surface area (Å²) in [5.74, 6) is 0.202. The van der Waals surface area contributed by atoms with E-state index in [1.54, 1.807) is 12.3 Å². The molecule has 2 aliphatic heterocycles. The van der Waals surface area contributed by atoms with Gasteiger partial charge >= 0.3 is 6.18 Å². The van der Waals surface area contributed by atoms with Crippen molar-refractivity contribution in [2.24, 2.45) is 0 Å². The van der Waals surface area contributed by atoms with Gasteiger partial charge in [0.1, 0.15) is 0 Å². The summed E-state index contributed by atoms with van der Waals surface area (Å²) < 4.78 is 55.7. The molecule has 0 amide bonds. The number of rotatable bonds is 4. The van der Waals surface area contributed by atoms with Crippen LogP contribution >= 0.6 is 0 Å². The van der Waals surface area contributed by atoms with E-state index >= 15 is 4.39 Å². The van der Waals surface area contributed by atoms with Crippen LogP contribution in [0.1, 0.15) is 42.5 Å². The minimum absolute atomic E-state index is 0.0655. The van der Waals surface area contributed by atoms with Gasteiger partial charge in [-0.15, -0.1) is 0 Å². The number of piperidine rings is 2. The van der Waals surface area contributed by atoms with Crippen molar-refractivity contribution in [2.75, 3.05) is 36.0 Å². The largest absolute Gasteiger partial charge is 0.416 e. The fourth-order valence-corrected chi connectivity index (χ4v) is 5.75. The molecule has 3 aromatic rings. The second-order valence-electron chi connectivity index (χ2n) is 10.4. The fourth-order valence-electron chi connectivity index (χ4n) is 5.75. The van der Waals surface area contributed by atoms with Crippen LogP contribution in [0.2, 0.25) is 0 Å². The third-order valence-corrected chi connectivity index (χ3v) is 7.94. The number of guanidine groups is 1. The molecule has 9 heteroatoms. The number of para-hydroxylation sites is 1. The van der Waals surface area contributed by atoms with E-state index < -0.39 is 17.4 Å². The highest BCUT2D eigenvalue weighted by Crippen LogP contribution is 2.38. The SMILES string of the molecule is Cc1cccnc1C1(F)CCN(C(=N)N(c2ccc(C(F)(F)F)cc2)C2CCN(c3ccccc3)CC2)CC1. The predicted molar refractivity (Wildman–Crippen MR) is 146 cm³/mol. The molecule has 39 heavy (non-hydrogen) atoms. The lowest BCUT2D eigenvalue weighted by molar-refractivity contribution is -0.137. The molecule has 5 rings (SSSR count). The average Bonchev–Trinajstić information content (AvgIpc) is 2.94. The number of halogens is 4. The predicted octanol–water partition coefficient (Wildman–Crippen LogP) is 6.78. The third kappa shape index (κ3) is 5.72. The van der Waals surface area contributed by atoms with Crippen LogP contribution in [-0.2, 0) is 11.8 Å². The van der Waals surface area contributed by atoms with E-state index in [0.29, 0.717) is 24.5 Å². The molecule has 0 atom stereocenters. The summed E-state index contributed by atoms with van der Waals surface area (Å²) in [7, 11) is 0. The van der Waals surface area contributed by atoms with Crippen molar-refractivity contribution in [3.63, 3.8) is 0 Å². The Morgan fingerprint density at radius 1 is 0.923 bits per heavy atom. The maximum absolute atomic E-state index is 16.0. The first-order chi connectivity index (χ1) is 18.7. The van der Waals surface area contributed by atoms with Gasteiger partial charge in [0, 0.05) is 62.6 Å². The zero-order chi connectivity index (χ0) is 27.6. The van der Waals surface area contributed by atoms with Gasteiger partial charge in [-0.2, -0.15) is 13.2 Å². The first-order valence-corrected chi connectivity index (χ1v) is 13.4. The van der Waals surface area contributed by atoms with Gasteiger partial charge in [0.2, 0.25) is 0 Å². The number of aromatic nitrogens is 1. The van der Waals surface area contributed by atoms with Crippen LogP contribution in [0.4, 0.5) is 28.9 Å². The van der Waals surface area contributed by atoms with Crippen molar-refractivity contribution in [2.45, 2.75) is 50.5 Å². The first-order valence-electron chi connectivity index (χ1n) is 13.4. The third-order valence-electron chi connectivity index (χ3n) is 7.94. The van der Waals surface area contributed by atoms with E-state index in [1.807, 2.05) is 41.0 Å². The molecule has 0 bridgehead atoms. The van der Waals surface area contributed by atoms with Crippen molar-refractivity contribution in [3.8, 4) is 0 Å². The van der Waals surface area contributed by atoms with Gasteiger partial charge in [0.25, 0.3) is 0 Å². The van der Waals surface area contributed by atoms with E-state index in [1.165, 1.54) is 12.1 Å². The molecule has 0 unspecified atom stereocenters. The molecule has 2 aromatic carbocycles. The molecule has 0 saturated carbocycles. The van der Waals surface area contributed by atoms with Gasteiger partial charge < -0.3 is 14.7 Å². The van der Waals surface area contributed by atoms with E-state index in [0.717, 1.165) is 49.3 Å². The molecule has 0 aliphatic carbocycles. The minimum Gasteiger partial charge on any atom is -0.371 e. The van der Waals surface area contributed by atoms with Crippen molar-refractivity contribution >= 4 is 17.3 Å². The van der Waals surface area contributed by atoms with Gasteiger partial charge in [-0.1, -0.05) is 24.3 Å². The summed E-state index contributed by atoms with van der Waals surface area (Å²) in [4.78, 5) is 10.3. The molecule has 0 radical (unpaired) electrons. The number of nitrogens with one attached hydrogen (secondary N) is 1. The minimum atomic E-state index is -4.43. The van der Waals surface area contributed by atoms with Crippen LogP contribution in [0.3, 0.4) is 0 Å². The topological polar surface area (TPSA) is 46.5 Å². The normalized spacial score (nSPS) is 18.2. The zero-order valence-electron chi connectivity index (χ0n) is 22.0. The van der Waals surface area contributed by atoms with E-state index in [2.05, 4.69) is 22.0 Å². The number of pyridine rings is 1. The molecular formula is C30H33F4N5. The number of anilines is 2. The summed E-state index contributed by atoms with van der Waals surface area (Å²) >= 11 is 0. The lowest BCUT2D eigenvalue weighted by Gasteiger charge is -2.45. The van der Waals surface area contributed by atoms with Crippen LogP contribution < -0.4 is 9.80 Å². The molecule has 0 spiro atoms. The van der Waals surface area contributed by atoms with Crippen LogP contribution in [0, 0.1) is 12.3 Å². The number of nitrogens with zero attached hydrogens (tertiary/aromatic N) is 4. The number of likely N-dealkylation sites (tertiary alicyclic amines) is 1. The van der Waals surface area contributed by atoms with Crippen LogP contribution in [0.25, 0.3) is 0 Å². The van der Waals surface area contributed by atoms with Crippen LogP contribution in [0.15, 0.2) is 72.9 Å². The summed E-state index contributed by atoms with van der Waals surface area (Å²) in [6.45, 7) is 4.04. The molecule has 1 aromatic heterocycles. The Hall–Kier alpha value is -3.62. The number of benzene rings is 2. The Bertz CT molecular complexity index is 1260. The standard InChI is InChI=1S/C30H33F4N5/c1-22-6-5-17-36-27(22)29(31)15-20-38(21-16-29)28(35)39(25-11-9-23(10-12-25)30(32,33)34)26-13-18-37(19-14-26)24-7-3-2-4-8-24/h2-12,17,26,35H,13-16,18-21H2,1H3. The first kappa shape index (κ1) is 27.0. The van der Waals surface area contributed by atoms with Crippen molar-refractivity contribution in [3.05, 3.63) is 89.7 Å². The van der Waals surface area contributed by atoms with Crippen molar-refractivity contribution < 1.29 is 17.6 Å². The fraction of sp³-hybridized carbons (Fsp3) is 0.400. The number of alkyl halides is 4. The monoisotopic (exact) mass is 539 g/mol. The Morgan fingerprint density at radius 2 is 1.56 bits per heavy atom. The molecule has 206 valence electrons.